The largest absolute Gasteiger partial charge is 0.392 e. The molecule has 0 bridgehead atoms. The van der Waals surface area contributed by atoms with Gasteiger partial charge in [0.1, 0.15) is 0 Å². The molecule has 0 amide bonds. The number of allylic oxidation sites excluding steroid dienone is 1. The highest BCUT2D eigenvalue weighted by atomic mass is 16.3. The minimum absolute atomic E-state index is 0.0277. The molecule has 90 valence electrons. The van der Waals surface area contributed by atoms with Crippen LogP contribution in [0.3, 0.4) is 0 Å². The average molecular weight is 238 g/mol. The molecule has 1 N–H and O–H groups in total. The normalized spacial score (nSPS) is 10.7. The van der Waals surface area contributed by atoms with E-state index in [4.69, 9.17) is 0 Å². The number of carbonyl (C=O) groups excluding carboxylic acids is 1. The Balaban J connectivity index is 2.19. The topological polar surface area (TPSA) is 37.3 Å². The van der Waals surface area contributed by atoms with Crippen molar-refractivity contribution in [3.05, 3.63) is 77.4 Å². The number of rotatable bonds is 4. The monoisotopic (exact) mass is 238 g/mol. The van der Waals surface area contributed by atoms with Crippen molar-refractivity contribution in [2.24, 2.45) is 0 Å². The molecule has 0 saturated carbocycles. The molecule has 2 nitrogen and oxygen atoms in total. The van der Waals surface area contributed by atoms with Crippen molar-refractivity contribution in [3.8, 4) is 0 Å². The molecule has 0 radical (unpaired) electrons. The van der Waals surface area contributed by atoms with Crippen molar-refractivity contribution in [3.63, 3.8) is 0 Å². The van der Waals surface area contributed by atoms with Crippen LogP contribution in [0.5, 0.6) is 0 Å². The van der Waals surface area contributed by atoms with Gasteiger partial charge < -0.3 is 5.11 Å². The van der Waals surface area contributed by atoms with Crippen LogP contribution in [0.15, 0.2) is 60.7 Å². The average Bonchev–Trinajstić information content (AvgIpc) is 2.46. The molecule has 0 atom stereocenters. The standard InChI is InChI=1S/C16H14O2/c17-12-15-9-5-4-6-13(15)10-11-16(18)14-7-2-1-3-8-14/h1-11,17H,12H2. The summed E-state index contributed by atoms with van der Waals surface area (Å²) in [5.74, 6) is -0.0386. The predicted molar refractivity (Wildman–Crippen MR) is 72.2 cm³/mol. The summed E-state index contributed by atoms with van der Waals surface area (Å²) in [6.07, 6.45) is 3.27. The Hall–Kier alpha value is -2.19. The van der Waals surface area contributed by atoms with E-state index in [9.17, 15) is 9.90 Å². The molecule has 0 aliphatic carbocycles. The molecule has 0 aromatic heterocycles. The van der Waals surface area contributed by atoms with E-state index in [1.807, 2.05) is 42.5 Å². The first-order chi connectivity index (χ1) is 8.81. The Morgan fingerprint density at radius 1 is 1.00 bits per heavy atom. The molecule has 2 aromatic carbocycles. The molecule has 2 heteroatoms. The summed E-state index contributed by atoms with van der Waals surface area (Å²) in [5, 5.41) is 9.18. The van der Waals surface area contributed by atoms with Crippen LogP contribution >= 0.6 is 0 Å². The Morgan fingerprint density at radius 3 is 2.39 bits per heavy atom. The van der Waals surface area contributed by atoms with E-state index in [1.54, 1.807) is 18.2 Å². The van der Waals surface area contributed by atoms with Gasteiger partial charge in [0.25, 0.3) is 0 Å². The van der Waals surface area contributed by atoms with Crippen molar-refractivity contribution < 1.29 is 9.90 Å². The van der Waals surface area contributed by atoms with Gasteiger partial charge in [0, 0.05) is 5.56 Å². The van der Waals surface area contributed by atoms with Crippen molar-refractivity contribution >= 4 is 11.9 Å². The molecule has 0 aliphatic rings. The van der Waals surface area contributed by atoms with E-state index in [-0.39, 0.29) is 12.4 Å². The molecule has 0 fully saturated rings. The molecule has 0 spiro atoms. The SMILES string of the molecule is O=C(C=Cc1ccccc1CO)c1ccccc1. The molecule has 0 unspecified atom stereocenters. The second-order valence-corrected chi connectivity index (χ2v) is 3.92. The maximum atomic E-state index is 11.9. The second-order valence-electron chi connectivity index (χ2n) is 3.92. The van der Waals surface area contributed by atoms with Crippen LogP contribution in [0, 0.1) is 0 Å². The van der Waals surface area contributed by atoms with Gasteiger partial charge in [-0.3, -0.25) is 4.79 Å². The summed E-state index contributed by atoms with van der Waals surface area (Å²) < 4.78 is 0. The highest BCUT2D eigenvalue weighted by Gasteiger charge is 2.01. The lowest BCUT2D eigenvalue weighted by Gasteiger charge is -2.01. The maximum absolute atomic E-state index is 11.9. The molecule has 18 heavy (non-hydrogen) atoms. The lowest BCUT2D eigenvalue weighted by atomic mass is 10.1. The molecular weight excluding hydrogens is 224 g/mol. The van der Waals surface area contributed by atoms with Gasteiger partial charge in [0.15, 0.2) is 5.78 Å². The Labute approximate surface area is 106 Å². The van der Waals surface area contributed by atoms with Crippen LogP contribution in [0.1, 0.15) is 21.5 Å². The zero-order valence-electron chi connectivity index (χ0n) is 9.91. The van der Waals surface area contributed by atoms with Crippen LogP contribution in [0.4, 0.5) is 0 Å². The first-order valence-electron chi connectivity index (χ1n) is 5.77. The van der Waals surface area contributed by atoms with Crippen molar-refractivity contribution in [2.75, 3.05) is 0 Å². The first-order valence-corrected chi connectivity index (χ1v) is 5.77. The molecule has 0 heterocycles. The molecule has 2 aromatic rings. The van der Waals surface area contributed by atoms with E-state index >= 15 is 0 Å². The van der Waals surface area contributed by atoms with Gasteiger partial charge in [-0.15, -0.1) is 0 Å². The van der Waals surface area contributed by atoms with Crippen LogP contribution in [-0.2, 0) is 6.61 Å². The van der Waals surface area contributed by atoms with Gasteiger partial charge in [0.05, 0.1) is 6.61 Å². The number of benzene rings is 2. The fourth-order valence-electron chi connectivity index (χ4n) is 1.70. The lowest BCUT2D eigenvalue weighted by molar-refractivity contribution is 0.104. The van der Waals surface area contributed by atoms with E-state index in [0.29, 0.717) is 5.56 Å². The van der Waals surface area contributed by atoms with E-state index < -0.39 is 0 Å². The Bertz CT molecular complexity index is 556. The molecular formula is C16H14O2. The second kappa shape index (κ2) is 5.94. The van der Waals surface area contributed by atoms with Crippen LogP contribution in [0.2, 0.25) is 0 Å². The van der Waals surface area contributed by atoms with Gasteiger partial charge in [0.2, 0.25) is 0 Å². The third-order valence-corrected chi connectivity index (χ3v) is 2.70. The molecule has 0 saturated heterocycles. The number of ketones is 1. The van der Waals surface area contributed by atoms with Gasteiger partial charge in [-0.2, -0.15) is 0 Å². The fraction of sp³-hybridized carbons (Fsp3) is 0.0625. The summed E-state index contributed by atoms with van der Waals surface area (Å²) in [7, 11) is 0. The highest BCUT2D eigenvalue weighted by molar-refractivity contribution is 6.06. The minimum Gasteiger partial charge on any atom is -0.392 e. The fourth-order valence-corrected chi connectivity index (χ4v) is 1.70. The van der Waals surface area contributed by atoms with Crippen LogP contribution < -0.4 is 0 Å². The summed E-state index contributed by atoms with van der Waals surface area (Å²) >= 11 is 0. The van der Waals surface area contributed by atoms with E-state index in [2.05, 4.69) is 0 Å². The number of aliphatic hydroxyl groups is 1. The zero-order valence-corrected chi connectivity index (χ0v) is 9.91. The third kappa shape index (κ3) is 2.93. The van der Waals surface area contributed by atoms with Gasteiger partial charge in [-0.1, -0.05) is 60.7 Å². The number of aliphatic hydroxyl groups excluding tert-OH is 1. The summed E-state index contributed by atoms with van der Waals surface area (Å²) in [6, 6.07) is 16.6. The lowest BCUT2D eigenvalue weighted by Crippen LogP contribution is -1.93. The van der Waals surface area contributed by atoms with Gasteiger partial charge in [-0.25, -0.2) is 0 Å². The number of hydrogen-bond donors (Lipinski definition) is 1. The van der Waals surface area contributed by atoms with Crippen molar-refractivity contribution in [2.45, 2.75) is 6.61 Å². The van der Waals surface area contributed by atoms with E-state index in [1.165, 1.54) is 6.08 Å². The zero-order chi connectivity index (χ0) is 12.8. The Morgan fingerprint density at radius 2 is 1.67 bits per heavy atom. The number of carbonyl (C=O) groups is 1. The van der Waals surface area contributed by atoms with Crippen LogP contribution in [0.25, 0.3) is 6.08 Å². The molecule has 2 rings (SSSR count). The maximum Gasteiger partial charge on any atom is 0.185 e. The smallest absolute Gasteiger partial charge is 0.185 e. The highest BCUT2D eigenvalue weighted by Crippen LogP contribution is 2.11. The van der Waals surface area contributed by atoms with Gasteiger partial charge in [-0.05, 0) is 17.2 Å². The van der Waals surface area contributed by atoms with Gasteiger partial charge >= 0.3 is 0 Å². The predicted octanol–water partition coefficient (Wildman–Crippen LogP) is 3.08. The minimum atomic E-state index is -0.0386. The summed E-state index contributed by atoms with van der Waals surface area (Å²) in [5.41, 5.74) is 2.34. The molecule has 0 aliphatic heterocycles. The van der Waals surface area contributed by atoms with Crippen LogP contribution in [-0.4, -0.2) is 10.9 Å². The van der Waals surface area contributed by atoms with E-state index in [0.717, 1.165) is 11.1 Å². The third-order valence-electron chi connectivity index (χ3n) is 2.70. The quantitative estimate of drug-likeness (QED) is 0.656. The summed E-state index contributed by atoms with van der Waals surface area (Å²) in [4.78, 5) is 11.9. The summed E-state index contributed by atoms with van der Waals surface area (Å²) in [6.45, 7) is -0.0277. The van der Waals surface area contributed by atoms with Crippen molar-refractivity contribution in [1.29, 1.82) is 0 Å². The van der Waals surface area contributed by atoms with Crippen molar-refractivity contribution in [1.82, 2.24) is 0 Å². The number of hydrogen-bond acceptors (Lipinski definition) is 2. The Kier molecular flexibility index (Phi) is 4.05. The first kappa shape index (κ1) is 12.3.